The van der Waals surface area contributed by atoms with Crippen molar-refractivity contribution in [3.8, 4) is 0 Å². The highest BCUT2D eigenvalue weighted by Gasteiger charge is 2.12. The minimum Gasteiger partial charge on any atom is -0.311 e. The summed E-state index contributed by atoms with van der Waals surface area (Å²) in [6, 6.07) is 12.9. The van der Waals surface area contributed by atoms with Crippen molar-refractivity contribution in [3.05, 3.63) is 69.8 Å². The molecule has 8 heteroatoms. The lowest BCUT2D eigenvalue weighted by atomic mass is 10.2. The van der Waals surface area contributed by atoms with Crippen molar-refractivity contribution in [1.82, 2.24) is 10.0 Å². The lowest BCUT2D eigenvalue weighted by molar-refractivity contribution is -0.384. The number of hydrogen-bond acceptors (Lipinski definition) is 5. The van der Waals surface area contributed by atoms with Crippen molar-refractivity contribution < 1.29 is 13.3 Å². The molecular formula is C16H19N3O4S. The van der Waals surface area contributed by atoms with Gasteiger partial charge in [0, 0.05) is 31.8 Å². The first-order valence-electron chi connectivity index (χ1n) is 7.39. The normalized spacial score (nSPS) is 11.4. The molecule has 0 amide bonds. The molecular weight excluding hydrogens is 330 g/mol. The first-order chi connectivity index (χ1) is 11.4. The maximum atomic E-state index is 12.1. The third-order valence-electron chi connectivity index (χ3n) is 3.38. The molecule has 0 atom stereocenters. The van der Waals surface area contributed by atoms with Gasteiger partial charge in [0.15, 0.2) is 0 Å². The van der Waals surface area contributed by atoms with Gasteiger partial charge in [0.2, 0.25) is 10.0 Å². The summed E-state index contributed by atoms with van der Waals surface area (Å²) in [6.45, 7) is 2.95. The fourth-order valence-corrected chi connectivity index (χ4v) is 3.12. The molecule has 0 radical (unpaired) electrons. The van der Waals surface area contributed by atoms with Crippen molar-refractivity contribution in [1.29, 1.82) is 0 Å². The molecule has 2 rings (SSSR count). The van der Waals surface area contributed by atoms with Gasteiger partial charge in [-0.3, -0.25) is 10.1 Å². The second-order valence-electron chi connectivity index (χ2n) is 5.31. The summed E-state index contributed by atoms with van der Waals surface area (Å²) in [7, 11) is -3.52. The summed E-state index contributed by atoms with van der Waals surface area (Å²) < 4.78 is 26.7. The SMILES string of the molecule is Cc1ccc(S(=O)(=O)NCCNCc2cccc([N+](=O)[O-])c2)cc1. The number of rotatable bonds is 8. The number of sulfonamides is 1. The van der Waals surface area contributed by atoms with Gasteiger partial charge >= 0.3 is 0 Å². The van der Waals surface area contributed by atoms with E-state index in [1.54, 1.807) is 36.4 Å². The van der Waals surface area contributed by atoms with E-state index < -0.39 is 14.9 Å². The number of nitro groups is 1. The average Bonchev–Trinajstić information content (AvgIpc) is 2.55. The van der Waals surface area contributed by atoms with Crippen LogP contribution < -0.4 is 10.0 Å². The summed E-state index contributed by atoms with van der Waals surface area (Å²) in [4.78, 5) is 10.5. The Labute approximate surface area is 140 Å². The maximum Gasteiger partial charge on any atom is 0.269 e. The summed E-state index contributed by atoms with van der Waals surface area (Å²) in [5.41, 5.74) is 1.80. The zero-order valence-corrected chi connectivity index (χ0v) is 14.0. The van der Waals surface area contributed by atoms with E-state index >= 15 is 0 Å². The monoisotopic (exact) mass is 349 g/mol. The van der Waals surface area contributed by atoms with Crippen molar-refractivity contribution in [2.24, 2.45) is 0 Å². The molecule has 0 fully saturated rings. The van der Waals surface area contributed by atoms with Gasteiger partial charge in [0.05, 0.1) is 9.82 Å². The molecule has 0 saturated heterocycles. The van der Waals surface area contributed by atoms with Crippen LogP contribution in [0.5, 0.6) is 0 Å². The van der Waals surface area contributed by atoms with E-state index in [4.69, 9.17) is 0 Å². The van der Waals surface area contributed by atoms with Crippen LogP contribution in [0.4, 0.5) is 5.69 Å². The largest absolute Gasteiger partial charge is 0.311 e. The molecule has 2 aromatic carbocycles. The number of nitrogens with one attached hydrogen (secondary N) is 2. The van der Waals surface area contributed by atoms with Crippen LogP contribution in [0, 0.1) is 17.0 Å². The van der Waals surface area contributed by atoms with Crippen LogP contribution in [0.1, 0.15) is 11.1 Å². The van der Waals surface area contributed by atoms with Crippen LogP contribution in [0.3, 0.4) is 0 Å². The second kappa shape index (κ2) is 8.00. The summed E-state index contributed by atoms with van der Waals surface area (Å²) >= 11 is 0. The highest BCUT2D eigenvalue weighted by molar-refractivity contribution is 7.89. The van der Waals surface area contributed by atoms with Crippen LogP contribution in [-0.4, -0.2) is 26.4 Å². The highest BCUT2D eigenvalue weighted by Crippen LogP contribution is 2.12. The van der Waals surface area contributed by atoms with Gasteiger partial charge < -0.3 is 5.32 Å². The zero-order chi connectivity index (χ0) is 17.6. The minimum absolute atomic E-state index is 0.0365. The van der Waals surface area contributed by atoms with E-state index in [2.05, 4.69) is 10.0 Å². The van der Waals surface area contributed by atoms with Crippen molar-refractivity contribution in [2.45, 2.75) is 18.4 Å². The molecule has 0 heterocycles. The quantitative estimate of drug-likeness (QED) is 0.431. The molecule has 0 aliphatic carbocycles. The van der Waals surface area contributed by atoms with Gasteiger partial charge in [0.25, 0.3) is 5.69 Å². The topological polar surface area (TPSA) is 101 Å². The standard InChI is InChI=1S/C16H19N3O4S/c1-13-5-7-16(8-6-13)24(22,23)18-10-9-17-12-14-3-2-4-15(11-14)19(20)21/h2-8,11,17-18H,9-10,12H2,1H3. The Morgan fingerprint density at radius 2 is 1.79 bits per heavy atom. The molecule has 0 bridgehead atoms. The van der Waals surface area contributed by atoms with Crippen LogP contribution >= 0.6 is 0 Å². The predicted molar refractivity (Wildman–Crippen MR) is 91.2 cm³/mol. The third kappa shape index (κ3) is 5.12. The number of benzene rings is 2. The van der Waals surface area contributed by atoms with E-state index in [0.717, 1.165) is 11.1 Å². The Hall–Kier alpha value is -2.29. The van der Waals surface area contributed by atoms with E-state index in [1.807, 2.05) is 6.92 Å². The number of nitro benzene ring substituents is 1. The molecule has 0 saturated carbocycles. The van der Waals surface area contributed by atoms with Gasteiger partial charge in [-0.25, -0.2) is 13.1 Å². The fraction of sp³-hybridized carbons (Fsp3) is 0.250. The van der Waals surface area contributed by atoms with E-state index in [1.165, 1.54) is 12.1 Å². The summed E-state index contributed by atoms with van der Waals surface area (Å²) in [6.07, 6.45) is 0. The molecule has 128 valence electrons. The Bertz CT molecular complexity index is 804. The molecule has 24 heavy (non-hydrogen) atoms. The molecule has 0 aromatic heterocycles. The Morgan fingerprint density at radius 3 is 2.46 bits per heavy atom. The van der Waals surface area contributed by atoms with Gasteiger partial charge in [-0.2, -0.15) is 0 Å². The summed E-state index contributed by atoms with van der Waals surface area (Å²) in [5, 5.41) is 13.8. The van der Waals surface area contributed by atoms with Crippen molar-refractivity contribution in [2.75, 3.05) is 13.1 Å². The predicted octanol–water partition coefficient (Wildman–Crippen LogP) is 1.97. The average molecular weight is 349 g/mol. The first-order valence-corrected chi connectivity index (χ1v) is 8.87. The van der Waals surface area contributed by atoms with Crippen LogP contribution in [0.2, 0.25) is 0 Å². The van der Waals surface area contributed by atoms with Gasteiger partial charge in [-0.15, -0.1) is 0 Å². The maximum absolute atomic E-state index is 12.1. The van der Waals surface area contributed by atoms with Crippen LogP contribution in [0.15, 0.2) is 53.4 Å². The lowest BCUT2D eigenvalue weighted by Crippen LogP contribution is -2.31. The number of hydrogen-bond donors (Lipinski definition) is 2. The zero-order valence-electron chi connectivity index (χ0n) is 13.2. The molecule has 7 nitrogen and oxygen atoms in total. The fourth-order valence-electron chi connectivity index (χ4n) is 2.09. The molecule has 2 aromatic rings. The lowest BCUT2D eigenvalue weighted by Gasteiger charge is -2.08. The number of nitrogens with zero attached hydrogens (tertiary/aromatic N) is 1. The number of non-ortho nitro benzene ring substituents is 1. The smallest absolute Gasteiger partial charge is 0.269 e. The minimum atomic E-state index is -3.52. The molecule has 0 spiro atoms. The summed E-state index contributed by atoms with van der Waals surface area (Å²) in [5.74, 6) is 0. The third-order valence-corrected chi connectivity index (χ3v) is 4.85. The van der Waals surface area contributed by atoms with Gasteiger partial charge in [-0.05, 0) is 24.6 Å². The van der Waals surface area contributed by atoms with E-state index in [9.17, 15) is 18.5 Å². The number of aryl methyl sites for hydroxylation is 1. The molecule has 0 aliphatic rings. The van der Waals surface area contributed by atoms with Gasteiger partial charge in [-0.1, -0.05) is 29.8 Å². The highest BCUT2D eigenvalue weighted by atomic mass is 32.2. The molecule has 0 unspecified atom stereocenters. The molecule has 0 aliphatic heterocycles. The van der Waals surface area contributed by atoms with Crippen LogP contribution in [-0.2, 0) is 16.6 Å². The first kappa shape index (κ1) is 18.1. The Kier molecular flexibility index (Phi) is 6.02. The van der Waals surface area contributed by atoms with E-state index in [0.29, 0.717) is 13.1 Å². The van der Waals surface area contributed by atoms with Gasteiger partial charge in [0.1, 0.15) is 0 Å². The Balaban J connectivity index is 1.79. The second-order valence-corrected chi connectivity index (χ2v) is 7.08. The van der Waals surface area contributed by atoms with Crippen molar-refractivity contribution in [3.63, 3.8) is 0 Å². The van der Waals surface area contributed by atoms with Crippen molar-refractivity contribution >= 4 is 15.7 Å². The van der Waals surface area contributed by atoms with Crippen LogP contribution in [0.25, 0.3) is 0 Å². The Morgan fingerprint density at radius 1 is 1.08 bits per heavy atom. The van der Waals surface area contributed by atoms with E-state index in [-0.39, 0.29) is 17.1 Å². The molecule has 2 N–H and O–H groups in total.